The van der Waals surface area contributed by atoms with Crippen molar-refractivity contribution in [2.24, 2.45) is 5.73 Å². The number of rotatable bonds is 3. The predicted octanol–water partition coefficient (Wildman–Crippen LogP) is 2.56. The van der Waals surface area contributed by atoms with E-state index in [-0.39, 0.29) is 12.3 Å². The lowest BCUT2D eigenvalue weighted by Gasteiger charge is -2.10. The van der Waals surface area contributed by atoms with Crippen molar-refractivity contribution in [1.29, 1.82) is 0 Å². The Balaban J connectivity index is 2.91. The van der Waals surface area contributed by atoms with Crippen molar-refractivity contribution in [3.8, 4) is 5.75 Å². The lowest BCUT2D eigenvalue weighted by molar-refractivity contribution is -0.274. The third kappa shape index (κ3) is 4.03. The van der Waals surface area contributed by atoms with Gasteiger partial charge in [-0.2, -0.15) is 0 Å². The monoisotopic (exact) mass is 217 g/mol. The fourth-order valence-electron chi connectivity index (χ4n) is 1.03. The smallest absolute Gasteiger partial charge is 0.405 e. The summed E-state index contributed by atoms with van der Waals surface area (Å²) in [6, 6.07) is 5.87. The number of hydrogen-bond acceptors (Lipinski definition) is 2. The molecule has 0 saturated carbocycles. The van der Waals surface area contributed by atoms with Crippen LogP contribution in [0.1, 0.15) is 5.56 Å². The van der Waals surface area contributed by atoms with Gasteiger partial charge in [0.1, 0.15) is 5.75 Å². The highest BCUT2D eigenvalue weighted by molar-refractivity contribution is 5.57. The van der Waals surface area contributed by atoms with Gasteiger partial charge in [0.15, 0.2) is 0 Å². The van der Waals surface area contributed by atoms with Crippen molar-refractivity contribution < 1.29 is 17.9 Å². The van der Waals surface area contributed by atoms with Crippen molar-refractivity contribution in [3.05, 3.63) is 35.9 Å². The van der Waals surface area contributed by atoms with Gasteiger partial charge >= 0.3 is 6.36 Å². The molecule has 0 aromatic heterocycles. The number of hydrogen-bond donors (Lipinski definition) is 1. The quantitative estimate of drug-likeness (QED) is 0.844. The Morgan fingerprint density at radius 1 is 1.27 bits per heavy atom. The van der Waals surface area contributed by atoms with E-state index in [4.69, 9.17) is 5.73 Å². The fourth-order valence-corrected chi connectivity index (χ4v) is 1.03. The molecule has 1 rings (SSSR count). The van der Waals surface area contributed by atoms with Gasteiger partial charge in [-0.05, 0) is 6.07 Å². The molecule has 0 fully saturated rings. The Morgan fingerprint density at radius 2 is 1.93 bits per heavy atom. The number of alkyl halides is 3. The van der Waals surface area contributed by atoms with Crippen LogP contribution in [0.15, 0.2) is 30.3 Å². The summed E-state index contributed by atoms with van der Waals surface area (Å²) in [4.78, 5) is 0. The van der Waals surface area contributed by atoms with Gasteiger partial charge in [0.2, 0.25) is 0 Å². The van der Waals surface area contributed by atoms with Crippen molar-refractivity contribution in [2.45, 2.75) is 6.36 Å². The molecule has 0 bridgehead atoms. The van der Waals surface area contributed by atoms with Crippen molar-refractivity contribution >= 4 is 6.08 Å². The minimum absolute atomic E-state index is 0.227. The van der Waals surface area contributed by atoms with Crippen LogP contribution in [0.5, 0.6) is 5.75 Å². The maximum Gasteiger partial charge on any atom is 0.573 e. The Labute approximate surface area is 85.2 Å². The number of benzene rings is 1. The first-order chi connectivity index (χ1) is 7.03. The maximum atomic E-state index is 12.0. The van der Waals surface area contributed by atoms with E-state index < -0.39 is 6.36 Å². The molecule has 0 unspecified atom stereocenters. The van der Waals surface area contributed by atoms with Crippen LogP contribution in [0.3, 0.4) is 0 Å². The van der Waals surface area contributed by atoms with E-state index >= 15 is 0 Å². The second kappa shape index (κ2) is 4.84. The average Bonchev–Trinajstić information content (AvgIpc) is 2.14. The Morgan fingerprint density at radius 3 is 2.53 bits per heavy atom. The van der Waals surface area contributed by atoms with Crippen LogP contribution in [0.2, 0.25) is 0 Å². The third-order valence-corrected chi connectivity index (χ3v) is 1.58. The van der Waals surface area contributed by atoms with Gasteiger partial charge in [0.25, 0.3) is 0 Å². The Hall–Kier alpha value is -1.49. The number of para-hydroxylation sites is 1. The molecule has 0 aliphatic carbocycles. The molecule has 0 amide bonds. The molecule has 15 heavy (non-hydrogen) atoms. The molecule has 0 radical (unpaired) electrons. The van der Waals surface area contributed by atoms with E-state index in [1.165, 1.54) is 24.3 Å². The standard InChI is InChI=1S/C10H10F3NO/c11-10(12,13)15-9-6-2-1-4-8(9)5-3-7-14/h1-6H,7,14H2/b5-3+. The average molecular weight is 217 g/mol. The summed E-state index contributed by atoms with van der Waals surface area (Å²) in [6.45, 7) is 0.264. The third-order valence-electron chi connectivity index (χ3n) is 1.58. The van der Waals surface area contributed by atoms with Crippen LogP contribution in [0.25, 0.3) is 6.08 Å². The summed E-state index contributed by atoms with van der Waals surface area (Å²) in [5.41, 5.74) is 5.55. The zero-order chi connectivity index (χ0) is 11.3. The molecule has 0 aliphatic heterocycles. The molecule has 0 heterocycles. The molecule has 0 atom stereocenters. The molecule has 1 aromatic carbocycles. The van der Waals surface area contributed by atoms with Crippen molar-refractivity contribution in [1.82, 2.24) is 0 Å². The summed E-state index contributed by atoms with van der Waals surface area (Å²) in [5, 5.41) is 0. The van der Waals surface area contributed by atoms with E-state index in [2.05, 4.69) is 4.74 Å². The van der Waals surface area contributed by atoms with Crippen LogP contribution in [0, 0.1) is 0 Å². The molecule has 2 nitrogen and oxygen atoms in total. The van der Waals surface area contributed by atoms with Gasteiger partial charge in [0, 0.05) is 12.1 Å². The van der Waals surface area contributed by atoms with Crippen LogP contribution in [-0.2, 0) is 0 Å². The summed E-state index contributed by atoms with van der Waals surface area (Å²) >= 11 is 0. The van der Waals surface area contributed by atoms with Crippen molar-refractivity contribution in [2.75, 3.05) is 6.54 Å². The molecule has 0 saturated heterocycles. The zero-order valence-electron chi connectivity index (χ0n) is 7.79. The second-order valence-corrected chi connectivity index (χ2v) is 2.72. The number of ether oxygens (including phenoxy) is 1. The highest BCUT2D eigenvalue weighted by Gasteiger charge is 2.31. The van der Waals surface area contributed by atoms with Gasteiger partial charge in [0.05, 0.1) is 0 Å². The predicted molar refractivity (Wildman–Crippen MR) is 51.2 cm³/mol. The summed E-state index contributed by atoms with van der Waals surface area (Å²) < 4.78 is 39.8. The molecule has 0 spiro atoms. The van der Waals surface area contributed by atoms with Crippen molar-refractivity contribution in [3.63, 3.8) is 0 Å². The van der Waals surface area contributed by atoms with Gasteiger partial charge < -0.3 is 10.5 Å². The number of halogens is 3. The fraction of sp³-hybridized carbons (Fsp3) is 0.200. The van der Waals surface area contributed by atoms with E-state index in [0.29, 0.717) is 5.56 Å². The van der Waals surface area contributed by atoms with E-state index in [1.807, 2.05) is 0 Å². The first kappa shape index (κ1) is 11.6. The Kier molecular flexibility index (Phi) is 3.74. The molecular weight excluding hydrogens is 207 g/mol. The normalized spacial score (nSPS) is 12.0. The number of nitrogens with two attached hydrogens (primary N) is 1. The van der Waals surface area contributed by atoms with Crippen LogP contribution in [-0.4, -0.2) is 12.9 Å². The zero-order valence-corrected chi connectivity index (χ0v) is 7.79. The summed E-state index contributed by atoms with van der Waals surface area (Å²) in [7, 11) is 0. The van der Waals surface area contributed by atoms with E-state index in [1.54, 1.807) is 12.1 Å². The molecule has 2 N–H and O–H groups in total. The molecule has 82 valence electrons. The van der Waals surface area contributed by atoms with Crippen LogP contribution < -0.4 is 10.5 Å². The highest BCUT2D eigenvalue weighted by atomic mass is 19.4. The minimum Gasteiger partial charge on any atom is -0.405 e. The van der Waals surface area contributed by atoms with Crippen LogP contribution >= 0.6 is 0 Å². The van der Waals surface area contributed by atoms with Crippen LogP contribution in [0.4, 0.5) is 13.2 Å². The first-order valence-corrected chi connectivity index (χ1v) is 4.24. The minimum atomic E-state index is -4.67. The Bertz CT molecular complexity index is 347. The summed E-state index contributed by atoms with van der Waals surface area (Å²) in [5.74, 6) is -0.227. The molecule has 5 heteroatoms. The highest BCUT2D eigenvalue weighted by Crippen LogP contribution is 2.26. The second-order valence-electron chi connectivity index (χ2n) is 2.72. The van der Waals surface area contributed by atoms with E-state index in [0.717, 1.165) is 0 Å². The first-order valence-electron chi connectivity index (χ1n) is 4.24. The molecule has 1 aromatic rings. The summed E-state index contributed by atoms with van der Waals surface area (Å²) in [6.07, 6.45) is -1.63. The van der Waals surface area contributed by atoms with Gasteiger partial charge in [-0.15, -0.1) is 13.2 Å². The molecule has 0 aliphatic rings. The maximum absolute atomic E-state index is 12.0. The molecular formula is C10H10F3NO. The largest absolute Gasteiger partial charge is 0.573 e. The van der Waals surface area contributed by atoms with E-state index in [9.17, 15) is 13.2 Å². The lowest BCUT2D eigenvalue weighted by Crippen LogP contribution is -2.17. The topological polar surface area (TPSA) is 35.2 Å². The van der Waals surface area contributed by atoms with Gasteiger partial charge in [-0.1, -0.05) is 30.4 Å². The SMILES string of the molecule is NC/C=C/c1ccccc1OC(F)(F)F. The van der Waals surface area contributed by atoms with Gasteiger partial charge in [-0.25, -0.2) is 0 Å². The van der Waals surface area contributed by atoms with Gasteiger partial charge in [-0.3, -0.25) is 0 Å². The lowest BCUT2D eigenvalue weighted by atomic mass is 10.2.